The van der Waals surface area contributed by atoms with E-state index in [1.165, 1.54) is 4.90 Å². The molecule has 0 atom stereocenters. The fourth-order valence-electron chi connectivity index (χ4n) is 2.80. The number of hydrogen-bond donors (Lipinski definition) is 1. The zero-order chi connectivity index (χ0) is 19.4. The molecular formula is C16H20ClN7O3. The summed E-state index contributed by atoms with van der Waals surface area (Å²) in [6.07, 6.45) is 0. The highest BCUT2D eigenvalue weighted by Crippen LogP contribution is 2.11. The van der Waals surface area contributed by atoms with Gasteiger partial charge in [0.15, 0.2) is 0 Å². The second kappa shape index (κ2) is 8.31. The van der Waals surface area contributed by atoms with Crippen molar-refractivity contribution >= 4 is 23.5 Å². The molecule has 2 amide bonds. The monoisotopic (exact) mass is 393 g/mol. The lowest BCUT2D eigenvalue weighted by Crippen LogP contribution is -2.53. The molecule has 1 N–H and O–H groups in total. The molecule has 1 aliphatic heterocycles. The lowest BCUT2D eigenvalue weighted by Gasteiger charge is -2.33. The minimum Gasteiger partial charge on any atom is -0.355 e. The van der Waals surface area contributed by atoms with Crippen LogP contribution in [0.4, 0.5) is 4.79 Å². The summed E-state index contributed by atoms with van der Waals surface area (Å²) in [4.78, 5) is 40.2. The maximum Gasteiger partial charge on any atom is 0.377 e. The molecule has 0 spiro atoms. The third-order valence-corrected chi connectivity index (χ3v) is 4.47. The van der Waals surface area contributed by atoms with Crippen LogP contribution in [0.3, 0.4) is 0 Å². The average molecular weight is 394 g/mol. The summed E-state index contributed by atoms with van der Waals surface area (Å²) in [5, 5.41) is 10.7. The molecule has 0 aliphatic carbocycles. The van der Waals surface area contributed by atoms with Crippen LogP contribution in [-0.2, 0) is 4.79 Å². The second-order valence-electron chi connectivity index (χ2n) is 6.06. The molecule has 2 heterocycles. The fourth-order valence-corrected chi connectivity index (χ4v) is 2.92. The highest BCUT2D eigenvalue weighted by molar-refractivity contribution is 6.30. The molecule has 2 aromatic rings. The smallest absolute Gasteiger partial charge is 0.355 e. The molecule has 144 valence electrons. The van der Waals surface area contributed by atoms with Crippen LogP contribution in [0.2, 0.25) is 5.02 Å². The van der Waals surface area contributed by atoms with Gasteiger partial charge in [-0.2, -0.15) is 4.68 Å². The second-order valence-corrected chi connectivity index (χ2v) is 6.50. The van der Waals surface area contributed by atoms with Gasteiger partial charge in [0.2, 0.25) is 5.91 Å². The van der Waals surface area contributed by atoms with E-state index in [2.05, 4.69) is 15.7 Å². The van der Waals surface area contributed by atoms with Crippen molar-refractivity contribution in [3.05, 3.63) is 39.8 Å². The van der Waals surface area contributed by atoms with Crippen molar-refractivity contribution in [2.24, 2.45) is 0 Å². The normalized spacial score (nSPS) is 15.0. The number of nitrogens with one attached hydrogen (secondary N) is 1. The van der Waals surface area contributed by atoms with Crippen molar-refractivity contribution in [3.8, 4) is 5.69 Å². The quantitative estimate of drug-likeness (QED) is 0.721. The highest BCUT2D eigenvalue weighted by atomic mass is 35.5. The topological polar surface area (TPSA) is 105 Å². The first-order valence-electron chi connectivity index (χ1n) is 8.59. The lowest BCUT2D eigenvalue weighted by molar-refractivity contribution is -0.122. The molecule has 1 saturated heterocycles. The van der Waals surface area contributed by atoms with Gasteiger partial charge in [0.1, 0.15) is 0 Å². The summed E-state index contributed by atoms with van der Waals surface area (Å²) >= 11 is 5.84. The minimum absolute atomic E-state index is 0.0422. The van der Waals surface area contributed by atoms with Gasteiger partial charge in [-0.15, -0.1) is 4.68 Å². The van der Waals surface area contributed by atoms with Crippen LogP contribution in [0.25, 0.3) is 5.69 Å². The predicted molar refractivity (Wildman–Crippen MR) is 98.1 cm³/mol. The number of aromatic nitrogens is 4. The van der Waals surface area contributed by atoms with Gasteiger partial charge in [-0.3, -0.25) is 9.69 Å². The lowest BCUT2D eigenvalue weighted by atomic mass is 10.3. The zero-order valence-electron chi connectivity index (χ0n) is 14.8. The van der Waals surface area contributed by atoms with E-state index in [0.717, 1.165) is 9.36 Å². The molecule has 0 unspecified atom stereocenters. The molecular weight excluding hydrogens is 374 g/mol. The Balaban J connectivity index is 1.65. The summed E-state index contributed by atoms with van der Waals surface area (Å²) in [7, 11) is 0. The molecule has 1 fully saturated rings. The van der Waals surface area contributed by atoms with Crippen molar-refractivity contribution < 1.29 is 9.59 Å². The number of tetrazole rings is 1. The Labute approximate surface area is 160 Å². The summed E-state index contributed by atoms with van der Waals surface area (Å²) < 4.78 is 1.79. The van der Waals surface area contributed by atoms with Crippen molar-refractivity contribution in [2.45, 2.75) is 6.92 Å². The highest BCUT2D eigenvalue weighted by Gasteiger charge is 2.26. The Kier molecular flexibility index (Phi) is 5.87. The van der Waals surface area contributed by atoms with Crippen LogP contribution in [0.1, 0.15) is 6.92 Å². The zero-order valence-corrected chi connectivity index (χ0v) is 15.6. The molecule has 11 heteroatoms. The Morgan fingerprint density at radius 1 is 1.11 bits per heavy atom. The number of hydrogen-bond acceptors (Lipinski definition) is 6. The first kappa shape index (κ1) is 19.1. The minimum atomic E-state index is -0.646. The predicted octanol–water partition coefficient (Wildman–Crippen LogP) is -0.196. The SMILES string of the molecule is CCNC(=O)CN1CCN(C(=O)n2nnn(-c3ccc(Cl)cc3)c2=O)CC1. The first-order chi connectivity index (χ1) is 13.0. The van der Waals surface area contributed by atoms with Crippen molar-refractivity contribution in [2.75, 3.05) is 39.3 Å². The van der Waals surface area contributed by atoms with Crippen LogP contribution < -0.4 is 11.0 Å². The first-order valence-corrected chi connectivity index (χ1v) is 8.96. The fraction of sp³-hybridized carbons (Fsp3) is 0.438. The van der Waals surface area contributed by atoms with E-state index < -0.39 is 11.7 Å². The molecule has 0 radical (unpaired) electrons. The Morgan fingerprint density at radius 2 is 1.78 bits per heavy atom. The number of carbonyl (C=O) groups is 2. The molecule has 27 heavy (non-hydrogen) atoms. The van der Waals surface area contributed by atoms with Gasteiger partial charge >= 0.3 is 11.7 Å². The third-order valence-electron chi connectivity index (χ3n) is 4.22. The van der Waals surface area contributed by atoms with E-state index in [-0.39, 0.29) is 5.91 Å². The number of benzene rings is 1. The number of likely N-dealkylation sites (N-methyl/N-ethyl adjacent to an activating group) is 1. The molecule has 0 bridgehead atoms. The van der Waals surface area contributed by atoms with E-state index in [9.17, 15) is 14.4 Å². The number of halogens is 1. The van der Waals surface area contributed by atoms with E-state index >= 15 is 0 Å². The summed E-state index contributed by atoms with van der Waals surface area (Å²) in [6, 6.07) is 5.95. The number of carbonyl (C=O) groups excluding carboxylic acids is 2. The number of amides is 2. The van der Waals surface area contributed by atoms with Crippen LogP contribution in [0, 0.1) is 0 Å². The van der Waals surface area contributed by atoms with E-state index in [1.807, 2.05) is 11.8 Å². The summed E-state index contributed by atoms with van der Waals surface area (Å²) in [6.45, 7) is 4.64. The standard InChI is InChI=1S/C16H20ClN7O3/c1-2-18-14(25)11-21-7-9-22(10-8-21)15(26)24-16(27)23(19-20-24)13-5-3-12(17)4-6-13/h3-6H,2,7-11H2,1H3,(H,18,25). The van der Waals surface area contributed by atoms with Gasteiger partial charge in [0.25, 0.3) is 0 Å². The Hall–Kier alpha value is -2.72. The number of nitrogens with zero attached hydrogens (tertiary/aromatic N) is 6. The number of piperazine rings is 1. The van der Waals surface area contributed by atoms with Gasteiger partial charge in [0.05, 0.1) is 12.2 Å². The maximum atomic E-state index is 12.6. The van der Waals surface area contributed by atoms with Gasteiger partial charge in [-0.05, 0) is 41.6 Å². The molecule has 1 aromatic carbocycles. The Morgan fingerprint density at radius 3 is 2.41 bits per heavy atom. The maximum absolute atomic E-state index is 12.6. The van der Waals surface area contributed by atoms with E-state index in [1.54, 1.807) is 24.3 Å². The molecule has 1 aromatic heterocycles. The van der Waals surface area contributed by atoms with Crippen LogP contribution in [0.5, 0.6) is 0 Å². The summed E-state index contributed by atoms with van der Waals surface area (Å²) in [5.74, 6) is -0.0422. The average Bonchev–Trinajstić information content (AvgIpc) is 3.04. The van der Waals surface area contributed by atoms with Crippen LogP contribution >= 0.6 is 11.6 Å². The molecule has 10 nitrogen and oxygen atoms in total. The van der Waals surface area contributed by atoms with Gasteiger partial charge in [0, 0.05) is 37.7 Å². The van der Waals surface area contributed by atoms with Gasteiger partial charge < -0.3 is 10.2 Å². The van der Waals surface area contributed by atoms with E-state index in [4.69, 9.17) is 11.6 Å². The third kappa shape index (κ3) is 4.34. The largest absolute Gasteiger partial charge is 0.377 e. The molecule has 3 rings (SSSR count). The number of rotatable bonds is 4. The van der Waals surface area contributed by atoms with Crippen molar-refractivity contribution in [1.29, 1.82) is 0 Å². The summed E-state index contributed by atoms with van der Waals surface area (Å²) in [5.41, 5.74) is -0.178. The van der Waals surface area contributed by atoms with Gasteiger partial charge in [-0.1, -0.05) is 11.6 Å². The van der Waals surface area contributed by atoms with E-state index in [0.29, 0.717) is 50.0 Å². The van der Waals surface area contributed by atoms with Gasteiger partial charge in [-0.25, -0.2) is 9.59 Å². The van der Waals surface area contributed by atoms with Crippen LogP contribution in [-0.4, -0.2) is 80.8 Å². The molecule has 0 saturated carbocycles. The van der Waals surface area contributed by atoms with Crippen molar-refractivity contribution in [1.82, 2.24) is 34.9 Å². The van der Waals surface area contributed by atoms with Crippen molar-refractivity contribution in [3.63, 3.8) is 0 Å². The molecule has 1 aliphatic rings. The Bertz CT molecular complexity index is 869. The van der Waals surface area contributed by atoms with Crippen LogP contribution in [0.15, 0.2) is 29.1 Å².